The van der Waals surface area contributed by atoms with Gasteiger partial charge in [0.1, 0.15) is 0 Å². The minimum Gasteiger partial charge on any atom is -0.402 e. The van der Waals surface area contributed by atoms with Crippen LogP contribution in [0.4, 0.5) is 0 Å². The van der Waals surface area contributed by atoms with Crippen LogP contribution in [0.15, 0.2) is 24.4 Å². The summed E-state index contributed by atoms with van der Waals surface area (Å²) in [6, 6.07) is 0. The third kappa shape index (κ3) is 1.86. The fourth-order valence-electron chi connectivity index (χ4n) is 0.998. The molecule has 0 radical (unpaired) electrons. The molecule has 0 fully saturated rings. The molecule has 0 rings (SSSR count). The van der Waals surface area contributed by atoms with Crippen molar-refractivity contribution in [1.29, 1.82) is 0 Å². The van der Waals surface area contributed by atoms with E-state index < -0.39 is 0 Å². The molecule has 0 aromatic heterocycles. The van der Waals surface area contributed by atoms with E-state index in [9.17, 15) is 0 Å². The van der Waals surface area contributed by atoms with Gasteiger partial charge < -0.3 is 5.73 Å². The first-order valence-corrected chi connectivity index (χ1v) is 4.04. The van der Waals surface area contributed by atoms with Gasteiger partial charge >= 0.3 is 0 Å². The lowest BCUT2D eigenvalue weighted by Crippen LogP contribution is -2.27. The number of allylic oxidation sites excluding steroid dienone is 2. The molecule has 0 aliphatic carbocycles. The molecular formula is C10H19N. The molecule has 0 amide bonds. The minimum absolute atomic E-state index is 0.0469. The Morgan fingerprint density at radius 3 is 2.09 bits per heavy atom. The van der Waals surface area contributed by atoms with Crippen LogP contribution < -0.4 is 5.73 Å². The van der Waals surface area contributed by atoms with Crippen LogP contribution in [-0.2, 0) is 0 Å². The molecule has 2 N–H and O–H groups in total. The summed E-state index contributed by atoms with van der Waals surface area (Å²) in [6.45, 7) is 12.2. The molecule has 1 nitrogen and oxygen atoms in total. The molecular weight excluding hydrogens is 134 g/mol. The summed E-state index contributed by atoms with van der Waals surface area (Å²) in [7, 11) is 0. The predicted octanol–water partition coefficient (Wildman–Crippen LogP) is 2.70. The smallest absolute Gasteiger partial charge is 0.0266 e. The maximum absolute atomic E-state index is 5.85. The maximum Gasteiger partial charge on any atom is 0.0266 e. The normalized spacial score (nSPS) is 18.1. The molecule has 1 unspecified atom stereocenters. The van der Waals surface area contributed by atoms with E-state index in [4.69, 9.17) is 5.73 Å². The Kier molecular flexibility index (Phi) is 3.37. The number of rotatable bonds is 3. The van der Waals surface area contributed by atoms with Gasteiger partial charge in [0.2, 0.25) is 0 Å². The largest absolute Gasteiger partial charge is 0.402 e. The van der Waals surface area contributed by atoms with Crippen molar-refractivity contribution < 1.29 is 0 Å². The lowest BCUT2D eigenvalue weighted by atomic mass is 9.76. The summed E-state index contributed by atoms with van der Waals surface area (Å²) < 4.78 is 0. The third-order valence-corrected chi connectivity index (χ3v) is 2.56. The molecule has 0 aliphatic rings. The van der Waals surface area contributed by atoms with Crippen molar-refractivity contribution in [2.24, 2.45) is 17.1 Å². The topological polar surface area (TPSA) is 26.0 Å². The molecule has 0 aromatic carbocycles. The first-order valence-electron chi connectivity index (χ1n) is 4.04. The van der Waals surface area contributed by atoms with E-state index in [1.165, 1.54) is 0 Å². The highest BCUT2D eigenvalue weighted by Crippen LogP contribution is 2.33. The van der Waals surface area contributed by atoms with Crippen molar-refractivity contribution >= 4 is 0 Å². The summed E-state index contributed by atoms with van der Waals surface area (Å²) in [4.78, 5) is 0. The van der Waals surface area contributed by atoms with Crippen molar-refractivity contribution in [3.63, 3.8) is 0 Å². The molecule has 1 atom stereocenters. The highest BCUT2D eigenvalue weighted by Gasteiger charge is 2.26. The first-order chi connectivity index (χ1) is 4.99. The van der Waals surface area contributed by atoms with E-state index in [0.29, 0.717) is 5.92 Å². The third-order valence-electron chi connectivity index (χ3n) is 2.56. The van der Waals surface area contributed by atoms with E-state index in [0.717, 1.165) is 5.70 Å². The molecule has 0 heterocycles. The molecule has 11 heavy (non-hydrogen) atoms. The minimum atomic E-state index is -0.0469. The molecule has 0 aliphatic heterocycles. The standard InChI is InChI=1S/C10H19N/c1-6-9(11)10(5,7-2)8(3)4/h6-8H,2,11H2,1,3-5H3/b9-6+. The Bertz CT molecular complexity index is 168. The van der Waals surface area contributed by atoms with Crippen LogP contribution in [0, 0.1) is 11.3 Å². The second-order valence-corrected chi connectivity index (χ2v) is 3.39. The van der Waals surface area contributed by atoms with E-state index in [1.54, 1.807) is 0 Å². The van der Waals surface area contributed by atoms with Gasteiger partial charge in [0.15, 0.2) is 0 Å². The number of hydrogen-bond donors (Lipinski definition) is 1. The Balaban J connectivity index is 4.74. The summed E-state index contributed by atoms with van der Waals surface area (Å²) in [5.74, 6) is 0.496. The number of hydrogen-bond acceptors (Lipinski definition) is 1. The van der Waals surface area contributed by atoms with Crippen LogP contribution in [0.2, 0.25) is 0 Å². The van der Waals surface area contributed by atoms with Gasteiger partial charge in [-0.1, -0.05) is 32.9 Å². The van der Waals surface area contributed by atoms with Crippen LogP contribution in [0.3, 0.4) is 0 Å². The van der Waals surface area contributed by atoms with E-state index in [-0.39, 0.29) is 5.41 Å². The van der Waals surface area contributed by atoms with Crippen LogP contribution >= 0.6 is 0 Å². The van der Waals surface area contributed by atoms with Gasteiger partial charge in [-0.2, -0.15) is 0 Å². The SMILES string of the molecule is C=CC(C)(/C(N)=C\C)C(C)C. The fourth-order valence-corrected chi connectivity index (χ4v) is 0.998. The Morgan fingerprint density at radius 1 is 1.55 bits per heavy atom. The molecule has 0 saturated heterocycles. The van der Waals surface area contributed by atoms with Crippen LogP contribution in [-0.4, -0.2) is 0 Å². The fraction of sp³-hybridized carbons (Fsp3) is 0.600. The zero-order valence-electron chi connectivity index (χ0n) is 8.02. The highest BCUT2D eigenvalue weighted by molar-refractivity contribution is 5.17. The Hall–Kier alpha value is -0.720. The van der Waals surface area contributed by atoms with Crippen molar-refractivity contribution in [3.8, 4) is 0 Å². The molecule has 0 aromatic rings. The van der Waals surface area contributed by atoms with Gasteiger partial charge in [0, 0.05) is 11.1 Å². The quantitative estimate of drug-likeness (QED) is 0.620. The second-order valence-electron chi connectivity index (χ2n) is 3.39. The molecule has 0 spiro atoms. The highest BCUT2D eigenvalue weighted by atomic mass is 14.6. The molecule has 1 heteroatoms. The summed E-state index contributed by atoms with van der Waals surface area (Å²) in [5, 5.41) is 0. The Labute approximate surface area is 70.0 Å². The van der Waals surface area contributed by atoms with Crippen LogP contribution in [0.5, 0.6) is 0 Å². The van der Waals surface area contributed by atoms with Crippen molar-refractivity contribution in [2.75, 3.05) is 0 Å². The van der Waals surface area contributed by atoms with Gasteiger partial charge in [0.05, 0.1) is 0 Å². The summed E-state index contributed by atoms with van der Waals surface area (Å²) in [6.07, 6.45) is 3.87. The predicted molar refractivity (Wildman–Crippen MR) is 51.1 cm³/mol. The van der Waals surface area contributed by atoms with Gasteiger partial charge in [-0.3, -0.25) is 0 Å². The van der Waals surface area contributed by atoms with Crippen molar-refractivity contribution in [3.05, 3.63) is 24.4 Å². The van der Waals surface area contributed by atoms with E-state index in [1.807, 2.05) is 19.1 Å². The van der Waals surface area contributed by atoms with Gasteiger partial charge in [-0.25, -0.2) is 0 Å². The van der Waals surface area contributed by atoms with Crippen molar-refractivity contribution in [2.45, 2.75) is 27.7 Å². The average Bonchev–Trinajstić information content (AvgIpc) is 2.01. The summed E-state index contributed by atoms with van der Waals surface area (Å²) >= 11 is 0. The molecule has 64 valence electrons. The van der Waals surface area contributed by atoms with Crippen LogP contribution in [0.1, 0.15) is 27.7 Å². The molecule has 0 bridgehead atoms. The van der Waals surface area contributed by atoms with Crippen LogP contribution in [0.25, 0.3) is 0 Å². The lowest BCUT2D eigenvalue weighted by molar-refractivity contribution is 0.356. The van der Waals surface area contributed by atoms with Gasteiger partial charge in [-0.15, -0.1) is 6.58 Å². The zero-order valence-corrected chi connectivity index (χ0v) is 8.02. The average molecular weight is 153 g/mol. The number of nitrogens with two attached hydrogens (primary N) is 1. The second kappa shape index (κ2) is 3.61. The lowest BCUT2D eigenvalue weighted by Gasteiger charge is -2.30. The maximum atomic E-state index is 5.85. The zero-order chi connectivity index (χ0) is 9.07. The van der Waals surface area contributed by atoms with Gasteiger partial charge in [-0.05, 0) is 12.8 Å². The molecule has 0 saturated carbocycles. The van der Waals surface area contributed by atoms with E-state index in [2.05, 4.69) is 27.4 Å². The Morgan fingerprint density at radius 2 is 2.00 bits per heavy atom. The first kappa shape index (κ1) is 10.3. The van der Waals surface area contributed by atoms with Crippen molar-refractivity contribution in [1.82, 2.24) is 0 Å². The van der Waals surface area contributed by atoms with Gasteiger partial charge in [0.25, 0.3) is 0 Å². The van der Waals surface area contributed by atoms with E-state index >= 15 is 0 Å². The summed E-state index contributed by atoms with van der Waals surface area (Å²) in [5.41, 5.74) is 6.71. The monoisotopic (exact) mass is 153 g/mol.